The molecule has 0 atom stereocenters. The largest absolute Gasteiger partial charge is 0.493 e. The van der Waals surface area contributed by atoms with Gasteiger partial charge in [0.15, 0.2) is 11.5 Å². The summed E-state index contributed by atoms with van der Waals surface area (Å²) in [6, 6.07) is 18.9. The molecule has 1 aliphatic heterocycles. The standard InChI is InChI=1S/C28H23BrN2O5/c1-3-7-20-14-19(16-24(35-2)25(20)36-17-18-10-12-21(29)13-11-18)15-23-26(32)30-28(34)31(27(23)33)22-8-5-4-6-9-22/h3-6,8-16H,1,7,17H2,2H3,(H,30,32,34)/b23-15+. The summed E-state index contributed by atoms with van der Waals surface area (Å²) < 4.78 is 12.7. The molecule has 1 heterocycles. The summed E-state index contributed by atoms with van der Waals surface area (Å²) >= 11 is 3.42. The summed E-state index contributed by atoms with van der Waals surface area (Å²) in [5, 5.41) is 2.23. The SMILES string of the molecule is C=CCc1cc(/C=C2\C(=O)NC(=O)N(c3ccccc3)C2=O)cc(OC)c1OCc1ccc(Br)cc1. The van der Waals surface area contributed by atoms with E-state index in [4.69, 9.17) is 9.47 Å². The molecule has 36 heavy (non-hydrogen) atoms. The van der Waals surface area contributed by atoms with Crippen LogP contribution in [0.3, 0.4) is 0 Å². The third-order valence-electron chi connectivity index (χ3n) is 5.46. The van der Waals surface area contributed by atoms with E-state index in [0.717, 1.165) is 20.5 Å². The Balaban J connectivity index is 1.69. The fraction of sp³-hybridized carbons (Fsp3) is 0.107. The Morgan fingerprint density at radius 1 is 1.03 bits per heavy atom. The van der Waals surface area contributed by atoms with Gasteiger partial charge in [0.1, 0.15) is 12.2 Å². The Kier molecular flexibility index (Phi) is 7.65. The van der Waals surface area contributed by atoms with E-state index >= 15 is 0 Å². The van der Waals surface area contributed by atoms with Crippen LogP contribution in [0.15, 0.2) is 89.4 Å². The number of nitrogens with zero attached hydrogens (tertiary/aromatic N) is 1. The molecule has 1 saturated heterocycles. The number of para-hydroxylation sites is 1. The Morgan fingerprint density at radius 2 is 1.75 bits per heavy atom. The van der Waals surface area contributed by atoms with Gasteiger partial charge in [-0.05, 0) is 60.0 Å². The maximum absolute atomic E-state index is 13.2. The topological polar surface area (TPSA) is 84.9 Å². The average molecular weight is 547 g/mol. The van der Waals surface area contributed by atoms with E-state index in [2.05, 4.69) is 27.8 Å². The van der Waals surface area contributed by atoms with Crippen molar-refractivity contribution in [2.75, 3.05) is 12.0 Å². The van der Waals surface area contributed by atoms with Crippen LogP contribution in [0.5, 0.6) is 11.5 Å². The van der Waals surface area contributed by atoms with Crippen molar-refractivity contribution in [2.45, 2.75) is 13.0 Å². The molecule has 3 aromatic carbocycles. The van der Waals surface area contributed by atoms with Gasteiger partial charge in [-0.2, -0.15) is 0 Å². The Bertz CT molecular complexity index is 1350. The van der Waals surface area contributed by atoms with Gasteiger partial charge in [-0.1, -0.05) is 52.3 Å². The smallest absolute Gasteiger partial charge is 0.335 e. The van der Waals surface area contributed by atoms with Gasteiger partial charge in [-0.3, -0.25) is 14.9 Å². The first-order valence-corrected chi connectivity index (χ1v) is 11.9. The lowest BCUT2D eigenvalue weighted by atomic mass is 10.0. The van der Waals surface area contributed by atoms with Crippen molar-refractivity contribution in [1.29, 1.82) is 0 Å². The summed E-state index contributed by atoms with van der Waals surface area (Å²) in [6.45, 7) is 4.15. The minimum absolute atomic E-state index is 0.173. The van der Waals surface area contributed by atoms with E-state index < -0.39 is 17.8 Å². The summed E-state index contributed by atoms with van der Waals surface area (Å²) in [6.07, 6.45) is 3.64. The summed E-state index contributed by atoms with van der Waals surface area (Å²) in [7, 11) is 1.52. The number of allylic oxidation sites excluding steroid dienone is 1. The minimum atomic E-state index is -0.796. The quantitative estimate of drug-likeness (QED) is 0.231. The molecule has 8 heteroatoms. The lowest BCUT2D eigenvalue weighted by Crippen LogP contribution is -2.54. The molecule has 0 aromatic heterocycles. The van der Waals surface area contributed by atoms with Gasteiger partial charge in [0.25, 0.3) is 11.8 Å². The molecule has 1 N–H and O–H groups in total. The van der Waals surface area contributed by atoms with E-state index in [-0.39, 0.29) is 5.57 Å². The van der Waals surface area contributed by atoms with E-state index in [1.54, 1.807) is 48.5 Å². The number of rotatable bonds is 8. The van der Waals surface area contributed by atoms with E-state index in [9.17, 15) is 14.4 Å². The van der Waals surface area contributed by atoms with Crippen LogP contribution >= 0.6 is 15.9 Å². The Morgan fingerprint density at radius 3 is 2.42 bits per heavy atom. The normalized spacial score (nSPS) is 14.6. The van der Waals surface area contributed by atoms with Crippen LogP contribution in [0.25, 0.3) is 6.08 Å². The van der Waals surface area contributed by atoms with Crippen molar-refractivity contribution < 1.29 is 23.9 Å². The van der Waals surface area contributed by atoms with Gasteiger partial charge in [0, 0.05) is 10.0 Å². The number of hydrogen-bond acceptors (Lipinski definition) is 5. The van der Waals surface area contributed by atoms with Crippen LogP contribution in [0.4, 0.5) is 10.5 Å². The molecule has 1 fully saturated rings. The van der Waals surface area contributed by atoms with Gasteiger partial charge in [-0.15, -0.1) is 6.58 Å². The molecular formula is C28H23BrN2O5. The van der Waals surface area contributed by atoms with Crippen LogP contribution in [0, 0.1) is 0 Å². The summed E-state index contributed by atoms with van der Waals surface area (Å²) in [4.78, 5) is 39.1. The molecule has 0 spiro atoms. The van der Waals surface area contributed by atoms with Crippen molar-refractivity contribution in [3.63, 3.8) is 0 Å². The van der Waals surface area contributed by atoms with Crippen molar-refractivity contribution in [2.24, 2.45) is 0 Å². The van der Waals surface area contributed by atoms with Gasteiger partial charge in [0.2, 0.25) is 0 Å². The van der Waals surface area contributed by atoms with Crippen molar-refractivity contribution in [1.82, 2.24) is 5.32 Å². The lowest BCUT2D eigenvalue weighted by Gasteiger charge is -2.26. The molecule has 0 saturated carbocycles. The number of anilines is 1. The number of methoxy groups -OCH3 is 1. The zero-order valence-electron chi connectivity index (χ0n) is 19.5. The number of carbonyl (C=O) groups excluding carboxylic acids is 3. The molecule has 0 bridgehead atoms. The van der Waals surface area contributed by atoms with Crippen LogP contribution in [-0.4, -0.2) is 25.0 Å². The lowest BCUT2D eigenvalue weighted by molar-refractivity contribution is -0.122. The highest BCUT2D eigenvalue weighted by molar-refractivity contribution is 9.10. The molecule has 1 aliphatic rings. The van der Waals surface area contributed by atoms with Crippen LogP contribution in [0.1, 0.15) is 16.7 Å². The van der Waals surface area contributed by atoms with Gasteiger partial charge in [0.05, 0.1) is 12.8 Å². The number of hydrogen-bond donors (Lipinski definition) is 1. The maximum Gasteiger partial charge on any atom is 0.335 e. The van der Waals surface area contributed by atoms with Crippen molar-refractivity contribution in [3.05, 3.63) is 106 Å². The monoisotopic (exact) mass is 546 g/mol. The van der Waals surface area contributed by atoms with Crippen LogP contribution in [0.2, 0.25) is 0 Å². The molecule has 0 aliphatic carbocycles. The summed E-state index contributed by atoms with van der Waals surface area (Å²) in [5.74, 6) is -0.493. The average Bonchev–Trinajstić information content (AvgIpc) is 2.87. The highest BCUT2D eigenvalue weighted by Gasteiger charge is 2.36. The first-order chi connectivity index (χ1) is 17.4. The predicted octanol–water partition coefficient (Wildman–Crippen LogP) is 5.43. The summed E-state index contributed by atoms with van der Waals surface area (Å²) in [5.41, 5.74) is 2.48. The number of nitrogens with one attached hydrogen (secondary N) is 1. The minimum Gasteiger partial charge on any atom is -0.493 e. The number of imide groups is 2. The first kappa shape index (κ1) is 24.9. The number of barbiturate groups is 1. The predicted molar refractivity (Wildman–Crippen MR) is 141 cm³/mol. The van der Waals surface area contributed by atoms with E-state index in [0.29, 0.717) is 35.8 Å². The number of carbonyl (C=O) groups is 3. The number of urea groups is 1. The molecule has 182 valence electrons. The number of ether oxygens (including phenoxy) is 2. The van der Waals surface area contributed by atoms with Crippen molar-refractivity contribution in [3.8, 4) is 11.5 Å². The van der Waals surface area contributed by atoms with Crippen LogP contribution < -0.4 is 19.7 Å². The fourth-order valence-electron chi connectivity index (χ4n) is 3.76. The Hall–Kier alpha value is -4.17. The van der Waals surface area contributed by atoms with Gasteiger partial charge >= 0.3 is 6.03 Å². The number of halogens is 1. The fourth-order valence-corrected chi connectivity index (χ4v) is 4.03. The molecular weight excluding hydrogens is 524 g/mol. The number of amides is 4. The highest BCUT2D eigenvalue weighted by atomic mass is 79.9. The zero-order chi connectivity index (χ0) is 25.7. The molecule has 3 aromatic rings. The second-order valence-electron chi connectivity index (χ2n) is 7.91. The van der Waals surface area contributed by atoms with Crippen molar-refractivity contribution >= 4 is 45.5 Å². The Labute approximate surface area is 217 Å². The molecule has 4 rings (SSSR count). The zero-order valence-corrected chi connectivity index (χ0v) is 21.1. The molecule has 0 unspecified atom stereocenters. The maximum atomic E-state index is 13.2. The second-order valence-corrected chi connectivity index (χ2v) is 8.83. The molecule has 0 radical (unpaired) electrons. The third-order valence-corrected chi connectivity index (χ3v) is 5.99. The first-order valence-electron chi connectivity index (χ1n) is 11.1. The van der Waals surface area contributed by atoms with Gasteiger partial charge in [-0.25, -0.2) is 9.69 Å². The second kappa shape index (κ2) is 11.0. The van der Waals surface area contributed by atoms with Gasteiger partial charge < -0.3 is 9.47 Å². The third kappa shape index (κ3) is 5.39. The van der Waals surface area contributed by atoms with Crippen LogP contribution in [-0.2, 0) is 22.6 Å². The molecule has 4 amide bonds. The van der Waals surface area contributed by atoms with E-state index in [1.807, 2.05) is 24.3 Å². The van der Waals surface area contributed by atoms with E-state index in [1.165, 1.54) is 13.2 Å². The number of benzene rings is 3. The highest BCUT2D eigenvalue weighted by Crippen LogP contribution is 2.35. The molecule has 7 nitrogen and oxygen atoms in total.